The number of likely N-dealkylation sites (tertiary alicyclic amines) is 1. The van der Waals surface area contributed by atoms with Gasteiger partial charge >= 0.3 is 0 Å². The number of amides is 1. The quantitative estimate of drug-likeness (QED) is 0.245. The highest BCUT2D eigenvalue weighted by atomic mass is 32.1. The Bertz CT molecular complexity index is 1420. The van der Waals surface area contributed by atoms with Crippen molar-refractivity contribution in [3.8, 4) is 26.8 Å². The number of aryl methyl sites for hydroxylation is 1. The van der Waals surface area contributed by atoms with E-state index < -0.39 is 0 Å². The zero-order valence-electron chi connectivity index (χ0n) is 22.5. The summed E-state index contributed by atoms with van der Waals surface area (Å²) in [6.07, 6.45) is 4.42. The third-order valence-electron chi connectivity index (χ3n) is 6.75. The Hall–Kier alpha value is -3.79. The minimum Gasteiger partial charge on any atom is -0.492 e. The summed E-state index contributed by atoms with van der Waals surface area (Å²) >= 11 is 1.63. The van der Waals surface area contributed by atoms with Gasteiger partial charge in [0.15, 0.2) is 0 Å². The SMILES string of the molecule is CON(C)C(=O)c1cccc(-c2ccc(-c3nc(Nc4ccc(OCCN5CCCC5)cc4)ncc3C)s2)c1. The second kappa shape index (κ2) is 12.4. The summed E-state index contributed by atoms with van der Waals surface area (Å²) in [5.74, 6) is 1.19. The lowest BCUT2D eigenvalue weighted by molar-refractivity contribution is -0.0756. The van der Waals surface area contributed by atoms with Crippen LogP contribution >= 0.6 is 11.3 Å². The number of carbonyl (C=O) groups is 1. The van der Waals surface area contributed by atoms with E-state index in [-0.39, 0.29) is 5.91 Å². The lowest BCUT2D eigenvalue weighted by Crippen LogP contribution is -2.25. The number of nitrogens with one attached hydrogen (secondary N) is 1. The van der Waals surface area contributed by atoms with Gasteiger partial charge in [-0.2, -0.15) is 0 Å². The fourth-order valence-corrected chi connectivity index (χ4v) is 5.56. The lowest BCUT2D eigenvalue weighted by Gasteiger charge is -2.15. The molecule has 5 rings (SSSR count). The molecule has 0 radical (unpaired) electrons. The van der Waals surface area contributed by atoms with Crippen LogP contribution in [0, 0.1) is 6.92 Å². The molecule has 1 amide bonds. The van der Waals surface area contributed by atoms with Gasteiger partial charge in [0.25, 0.3) is 5.91 Å². The van der Waals surface area contributed by atoms with Crippen molar-refractivity contribution in [2.45, 2.75) is 19.8 Å². The van der Waals surface area contributed by atoms with Gasteiger partial charge in [-0.25, -0.2) is 15.0 Å². The maximum atomic E-state index is 12.5. The van der Waals surface area contributed by atoms with Gasteiger partial charge in [-0.3, -0.25) is 14.5 Å². The highest BCUT2D eigenvalue weighted by molar-refractivity contribution is 7.18. The smallest absolute Gasteiger partial charge is 0.277 e. The number of hydroxylamine groups is 2. The van der Waals surface area contributed by atoms with E-state index in [9.17, 15) is 4.79 Å². The highest BCUT2D eigenvalue weighted by Gasteiger charge is 2.15. The lowest BCUT2D eigenvalue weighted by atomic mass is 10.1. The van der Waals surface area contributed by atoms with Crippen molar-refractivity contribution in [3.05, 3.63) is 78.0 Å². The zero-order chi connectivity index (χ0) is 27.2. The van der Waals surface area contributed by atoms with E-state index in [1.807, 2.05) is 55.6 Å². The van der Waals surface area contributed by atoms with Gasteiger partial charge in [-0.15, -0.1) is 11.3 Å². The number of rotatable bonds is 10. The Labute approximate surface area is 233 Å². The van der Waals surface area contributed by atoms with Crippen molar-refractivity contribution < 1.29 is 14.4 Å². The van der Waals surface area contributed by atoms with Gasteiger partial charge in [0.05, 0.1) is 17.7 Å². The number of hydrogen-bond acceptors (Lipinski definition) is 8. The molecule has 39 heavy (non-hydrogen) atoms. The molecule has 1 saturated heterocycles. The maximum Gasteiger partial charge on any atom is 0.277 e. The van der Waals surface area contributed by atoms with Crippen LogP contribution in [0.25, 0.3) is 21.0 Å². The van der Waals surface area contributed by atoms with E-state index in [4.69, 9.17) is 14.6 Å². The number of nitrogens with zero attached hydrogens (tertiary/aromatic N) is 4. The van der Waals surface area contributed by atoms with Crippen molar-refractivity contribution in [3.63, 3.8) is 0 Å². The summed E-state index contributed by atoms with van der Waals surface area (Å²) in [5.41, 5.74) is 4.29. The molecule has 0 bridgehead atoms. The average Bonchev–Trinajstić information content (AvgIpc) is 3.67. The van der Waals surface area contributed by atoms with Crippen LogP contribution in [0.5, 0.6) is 5.75 Å². The summed E-state index contributed by atoms with van der Waals surface area (Å²) < 4.78 is 5.92. The van der Waals surface area contributed by atoms with E-state index in [0.717, 1.165) is 44.6 Å². The second-order valence-corrected chi connectivity index (χ2v) is 10.6. The molecule has 1 fully saturated rings. The standard InChI is InChI=1S/C30H33N5O3S/c1-21-20-31-30(32-24-9-11-25(12-10-24)38-18-17-35-15-4-5-16-35)33-28(21)27-14-13-26(39-27)22-7-6-8-23(19-22)29(36)34(2)37-3/h6-14,19-20H,4-5,15-18H2,1-3H3,(H,31,32,33). The van der Waals surface area contributed by atoms with Crippen molar-refractivity contribution in [1.82, 2.24) is 19.9 Å². The molecule has 8 nitrogen and oxygen atoms in total. The Morgan fingerprint density at radius 2 is 1.85 bits per heavy atom. The molecule has 9 heteroatoms. The predicted molar refractivity (Wildman–Crippen MR) is 156 cm³/mol. The van der Waals surface area contributed by atoms with Crippen molar-refractivity contribution >= 4 is 28.9 Å². The van der Waals surface area contributed by atoms with Gasteiger partial charge in [0.2, 0.25) is 5.95 Å². The third-order valence-corrected chi connectivity index (χ3v) is 7.89. The molecule has 0 saturated carbocycles. The van der Waals surface area contributed by atoms with E-state index in [0.29, 0.717) is 18.1 Å². The average molecular weight is 544 g/mol. The van der Waals surface area contributed by atoms with Crippen molar-refractivity contribution in [2.75, 3.05) is 45.7 Å². The van der Waals surface area contributed by atoms with Crippen LogP contribution in [-0.4, -0.2) is 66.2 Å². The topological polar surface area (TPSA) is 79.8 Å². The summed E-state index contributed by atoms with van der Waals surface area (Å²) in [6.45, 7) is 6.04. The molecule has 1 aliphatic heterocycles. The molecule has 0 spiro atoms. The van der Waals surface area contributed by atoms with Crippen LogP contribution in [0.15, 0.2) is 66.9 Å². The number of hydrogen-bond donors (Lipinski definition) is 1. The maximum absolute atomic E-state index is 12.5. The minimum absolute atomic E-state index is 0.194. The van der Waals surface area contributed by atoms with Crippen LogP contribution in [0.2, 0.25) is 0 Å². The predicted octanol–water partition coefficient (Wildman–Crippen LogP) is 6.03. The number of carbonyl (C=O) groups excluding carboxylic acids is 1. The first-order chi connectivity index (χ1) is 19.0. The van der Waals surface area contributed by atoms with Crippen LogP contribution in [-0.2, 0) is 4.84 Å². The molecule has 1 N–H and O–H groups in total. The first-order valence-electron chi connectivity index (χ1n) is 13.1. The molecule has 1 aliphatic rings. The molecule has 2 aromatic heterocycles. The second-order valence-electron chi connectivity index (χ2n) is 9.50. The minimum atomic E-state index is -0.194. The monoisotopic (exact) mass is 543 g/mol. The fourth-order valence-electron chi connectivity index (χ4n) is 4.50. The van der Waals surface area contributed by atoms with E-state index in [2.05, 4.69) is 27.3 Å². The number of aromatic nitrogens is 2. The van der Waals surface area contributed by atoms with Gasteiger partial charge in [-0.1, -0.05) is 12.1 Å². The fraction of sp³-hybridized carbons (Fsp3) is 0.300. The molecule has 4 aromatic rings. The molecule has 3 heterocycles. The number of thiophene rings is 1. The van der Waals surface area contributed by atoms with Crippen molar-refractivity contribution in [2.24, 2.45) is 0 Å². The first-order valence-corrected chi connectivity index (χ1v) is 13.9. The molecule has 0 unspecified atom stereocenters. The Balaban J connectivity index is 1.26. The van der Waals surface area contributed by atoms with Crippen molar-refractivity contribution in [1.29, 1.82) is 0 Å². The highest BCUT2D eigenvalue weighted by Crippen LogP contribution is 2.35. The van der Waals surface area contributed by atoms with Gasteiger partial charge in [0.1, 0.15) is 12.4 Å². The van der Waals surface area contributed by atoms with Gasteiger partial charge in [0, 0.05) is 35.9 Å². The number of anilines is 2. The Morgan fingerprint density at radius 1 is 1.08 bits per heavy atom. The van der Waals surface area contributed by atoms with E-state index in [1.54, 1.807) is 24.5 Å². The van der Waals surface area contributed by atoms with E-state index >= 15 is 0 Å². The summed E-state index contributed by atoms with van der Waals surface area (Å²) in [5, 5.41) is 4.52. The van der Waals surface area contributed by atoms with Crippen LogP contribution in [0.4, 0.5) is 11.6 Å². The van der Waals surface area contributed by atoms with Crippen LogP contribution in [0.3, 0.4) is 0 Å². The summed E-state index contributed by atoms with van der Waals surface area (Å²) in [6, 6.07) is 19.6. The van der Waals surface area contributed by atoms with Gasteiger partial charge < -0.3 is 10.1 Å². The van der Waals surface area contributed by atoms with E-state index in [1.165, 1.54) is 38.1 Å². The number of ether oxygens (including phenoxy) is 1. The molecule has 0 aliphatic carbocycles. The molecular formula is C30H33N5O3S. The van der Waals surface area contributed by atoms with Crippen LogP contribution < -0.4 is 10.1 Å². The summed E-state index contributed by atoms with van der Waals surface area (Å²) in [7, 11) is 3.07. The van der Waals surface area contributed by atoms with Gasteiger partial charge in [-0.05, 0) is 92.5 Å². The Kier molecular flexibility index (Phi) is 8.51. The molecule has 202 valence electrons. The summed E-state index contributed by atoms with van der Waals surface area (Å²) in [4.78, 5) is 31.4. The molecule has 0 atom stereocenters. The molecular weight excluding hydrogens is 510 g/mol. The molecule has 2 aromatic carbocycles. The first kappa shape index (κ1) is 26.8. The largest absolute Gasteiger partial charge is 0.492 e. The zero-order valence-corrected chi connectivity index (χ0v) is 23.3. The third kappa shape index (κ3) is 6.62. The normalized spacial score (nSPS) is 13.4. The van der Waals surface area contributed by atoms with Crippen LogP contribution in [0.1, 0.15) is 28.8 Å². The Morgan fingerprint density at radius 3 is 2.62 bits per heavy atom. The number of benzene rings is 2.